The van der Waals surface area contributed by atoms with Crippen molar-refractivity contribution in [2.75, 3.05) is 77.6 Å². The van der Waals surface area contributed by atoms with E-state index < -0.39 is 24.7 Å². The van der Waals surface area contributed by atoms with E-state index in [1.807, 2.05) is 14.2 Å². The van der Waals surface area contributed by atoms with Crippen LogP contribution in [0.15, 0.2) is 132 Å². The van der Waals surface area contributed by atoms with Crippen LogP contribution in [0.3, 0.4) is 0 Å². The summed E-state index contributed by atoms with van der Waals surface area (Å²) < 4.78 is 29.9. The fourth-order valence-electron chi connectivity index (χ4n) is 29.3. The highest BCUT2D eigenvalue weighted by Crippen LogP contribution is 2.67. The highest BCUT2D eigenvalue weighted by molar-refractivity contribution is 6.77. The van der Waals surface area contributed by atoms with Gasteiger partial charge in [-0.3, -0.25) is 13.8 Å². The van der Waals surface area contributed by atoms with Crippen molar-refractivity contribution in [3.8, 4) is 23.0 Å². The van der Waals surface area contributed by atoms with Gasteiger partial charge in [-0.2, -0.15) is 14.0 Å². The lowest BCUT2D eigenvalue weighted by molar-refractivity contribution is -0.978. The molecule has 0 radical (unpaired) electrons. The van der Waals surface area contributed by atoms with E-state index in [1.54, 1.807) is 33.4 Å². The summed E-state index contributed by atoms with van der Waals surface area (Å²) in [5.41, 5.74) is 22.7. The van der Waals surface area contributed by atoms with Crippen molar-refractivity contribution in [2.24, 2.45) is 41.4 Å². The number of ether oxygens (including phenoxy) is 3. The van der Waals surface area contributed by atoms with Crippen molar-refractivity contribution < 1.29 is 28.0 Å². The second-order valence-corrected chi connectivity index (χ2v) is 60.9. The Balaban J connectivity index is 0.000000158. The van der Waals surface area contributed by atoms with Crippen LogP contribution in [0.2, 0.25) is 55.9 Å². The average molecular weight is 1710 g/mol. The fraction of sp³-hybridized carbons (Fsp3) is 0.673. The minimum absolute atomic E-state index is 0.0375. The Bertz CT molecular complexity index is 4490. The Hall–Kier alpha value is -4.87. The van der Waals surface area contributed by atoms with Crippen LogP contribution in [0, 0.1) is 41.4 Å². The third-order valence-corrected chi connectivity index (χ3v) is 47.2. The maximum absolute atomic E-state index is 6.40. The molecule has 0 N–H and O–H groups in total. The molecule has 15 rings (SSSR count). The van der Waals surface area contributed by atoms with Gasteiger partial charge in [0.25, 0.3) is 0 Å². The molecule has 10 unspecified atom stereocenters. The van der Waals surface area contributed by atoms with Crippen molar-refractivity contribution in [3.05, 3.63) is 171 Å². The number of nitrogens with zero attached hydrogens (tertiary/aromatic N) is 6. The van der Waals surface area contributed by atoms with Crippen LogP contribution in [-0.2, 0) is 21.7 Å². The van der Waals surface area contributed by atoms with Crippen LogP contribution < -0.4 is 14.2 Å². The van der Waals surface area contributed by atoms with Crippen LogP contribution in [0.5, 0.6) is 23.0 Å². The zero-order valence-electron chi connectivity index (χ0n) is 83.4. The molecule has 0 aromatic heterocycles. The number of allylic oxidation sites excluding steroid dienone is 12. The molecule has 0 bridgehead atoms. The van der Waals surface area contributed by atoms with E-state index in [2.05, 4.69) is 322 Å². The number of benzene rings is 4. The number of rotatable bonds is 27. The van der Waals surface area contributed by atoms with Crippen LogP contribution in [-0.4, -0.2) is 148 Å². The minimum atomic E-state index is -1.82. The molecule has 0 spiro atoms. The molecule has 10 atom stereocenters. The van der Waals surface area contributed by atoms with Gasteiger partial charge in [0.1, 0.15) is 23.0 Å². The minimum Gasteiger partial charge on any atom is -0.497 e. The molecule has 0 aliphatic heterocycles. The molecule has 122 heavy (non-hydrogen) atoms. The van der Waals surface area contributed by atoms with Crippen molar-refractivity contribution in [2.45, 2.75) is 359 Å². The Morgan fingerprint density at radius 1 is 0.410 bits per heavy atom. The first-order valence-electron chi connectivity index (χ1n) is 49.8. The van der Waals surface area contributed by atoms with Gasteiger partial charge in [-0.05, 0) is 276 Å². The van der Waals surface area contributed by atoms with Gasteiger partial charge >= 0.3 is 0 Å². The maximum atomic E-state index is 6.40. The molecule has 0 saturated heterocycles. The largest absolute Gasteiger partial charge is 0.497 e. The Labute approximate surface area is 750 Å². The van der Waals surface area contributed by atoms with Crippen molar-refractivity contribution in [1.29, 1.82) is 0 Å². The summed E-state index contributed by atoms with van der Waals surface area (Å²) in [6.07, 6.45) is 52.8. The first-order chi connectivity index (χ1) is 57.3. The summed E-state index contributed by atoms with van der Waals surface area (Å²) >= 11 is 0. The fourth-order valence-corrected chi connectivity index (χ4v) is 46.2. The number of methoxy groups -OCH3 is 2. The summed E-state index contributed by atoms with van der Waals surface area (Å²) in [6, 6.07) is 30.9. The van der Waals surface area contributed by atoms with E-state index in [-0.39, 0.29) is 27.2 Å². The molecule has 4 aromatic rings. The number of quaternary nitrogens is 3. The average Bonchev–Trinajstić information content (AvgIpc) is 1.55. The molecule has 672 valence electrons. The second kappa shape index (κ2) is 36.2. The Kier molecular flexibility index (Phi) is 28.1. The molecule has 0 heterocycles. The van der Waals surface area contributed by atoms with Crippen LogP contribution in [0.25, 0.3) is 16.7 Å². The van der Waals surface area contributed by atoms with Gasteiger partial charge < -0.3 is 14.2 Å². The Morgan fingerprint density at radius 2 is 0.787 bits per heavy atom. The van der Waals surface area contributed by atoms with Crippen LogP contribution in [0.1, 0.15) is 302 Å². The van der Waals surface area contributed by atoms with E-state index in [9.17, 15) is 0 Å². The second-order valence-electron chi connectivity index (χ2n) is 47.5. The lowest BCUT2D eigenvalue weighted by Crippen LogP contribution is -2.71. The van der Waals surface area contributed by atoms with E-state index in [1.165, 1.54) is 212 Å². The summed E-state index contributed by atoms with van der Waals surface area (Å²) in [4.78, 5) is 0. The predicted molar refractivity (Wildman–Crippen MR) is 530 cm³/mol. The number of hydrogen-bond acceptors (Lipinski definition) is 6. The SMILES string of the molecule is CC(C)(C)c1ccc(Oc2ccc3c(c2)C(C)(C)C2=CC4C(C=C23)CCC4[Si](C)(C)N(C(C)(C)C)[N+](C)(C)C)cc1.CCCCC1(CCCC)C2=CC3C(C=C2c2ccc(OC)cc21)CC(C)C3[Si](C)(C)N(C1CCCCC1)[N+](C)(C)C.CCCCC1(CCCC)C2=CC3C(C=C2c2ccc(OC)cc21)CCC3[Si](C)(C)N(C1CCCCC1)[N+](C)(C)C. The zero-order chi connectivity index (χ0) is 88.6. The van der Waals surface area contributed by atoms with Gasteiger partial charge in [-0.15, -0.1) is 0 Å². The van der Waals surface area contributed by atoms with Gasteiger partial charge in [-0.1, -0.05) is 278 Å². The van der Waals surface area contributed by atoms with E-state index in [4.69, 9.17) is 14.2 Å². The highest BCUT2D eigenvalue weighted by atomic mass is 28.3. The topological polar surface area (TPSA) is 37.4 Å². The van der Waals surface area contributed by atoms with E-state index in [0.29, 0.717) is 35.5 Å². The van der Waals surface area contributed by atoms with Crippen LogP contribution in [0.4, 0.5) is 0 Å². The Morgan fingerprint density at radius 3 is 1.20 bits per heavy atom. The number of unbranched alkanes of at least 4 members (excludes halogenated alkanes) is 4. The lowest BCUT2D eigenvalue weighted by Gasteiger charge is -2.55. The third kappa shape index (κ3) is 18.1. The number of fused-ring (bicyclic) bond motifs is 12. The standard InChI is InChI=1S/C37H55N2OSi.C37H61N2OSi.C36H59N2OSi/c1-35(2,3)26-15-17-27(18-16-26)40-28-19-20-29-31-22-25-14-21-34(30(25)24-33(31)37(7,8)32(29)23-28)41(12,13)38(36(4,5)6)39(9,10)11;1-10-12-21-37(22-13-11-2)34-25-30(40-7)19-20-31(34)33-24-28-23-27(3)36(32(28)26-35(33)37)41(8,9)38(39(4,5)6)29-17-15-14-16-18-29;1-9-11-22-36(23-12-10-2)33-25-29(39-6)19-20-30(33)32-24-27-18-21-35(31(27)26-34(32)36)40(7,8)37(38(3,4)5)28-16-14-13-15-17-28/h15-20,22-25,30,34H,14,21H2,1-13H3;19-20,24-29,32,36H,10-18,21-23H2,1-9H3;19-20,24-28,31,35H,9-18,21-23H2,1-8H3/q3*+1. The van der Waals surface area contributed by atoms with Crippen molar-refractivity contribution in [3.63, 3.8) is 0 Å². The van der Waals surface area contributed by atoms with Gasteiger partial charge in [0.2, 0.25) is 0 Å². The van der Waals surface area contributed by atoms with E-state index in [0.717, 1.165) is 71.4 Å². The molecular formula is C110H175N6O3Si3+3. The molecule has 5 fully saturated rings. The molecule has 0 amide bonds. The summed E-state index contributed by atoms with van der Waals surface area (Å²) in [5.74, 6) is 8.62. The van der Waals surface area contributed by atoms with Gasteiger partial charge in [-0.25, -0.2) is 0 Å². The smallest absolute Gasteiger partial charge is 0.191 e. The summed E-state index contributed by atoms with van der Waals surface area (Å²) in [6.45, 7) is 47.1. The third-order valence-electron chi connectivity index (χ3n) is 33.0. The van der Waals surface area contributed by atoms with Crippen molar-refractivity contribution >= 4 is 41.4 Å². The number of hydrogen-bond donors (Lipinski definition) is 0. The molecule has 9 nitrogen and oxygen atoms in total. The molecule has 12 heteroatoms. The van der Waals surface area contributed by atoms with Gasteiger partial charge in [0, 0.05) is 28.3 Å². The lowest BCUT2D eigenvalue weighted by atomic mass is 9.68. The quantitative estimate of drug-likeness (QED) is 0.0336. The molecular weight excluding hydrogens is 1540 g/mol. The first-order valence-corrected chi connectivity index (χ1v) is 58.9. The molecule has 11 aliphatic carbocycles. The summed E-state index contributed by atoms with van der Waals surface area (Å²) in [5, 5.41) is 0. The predicted octanol–water partition coefficient (Wildman–Crippen LogP) is 29.0. The van der Waals surface area contributed by atoms with E-state index >= 15 is 0 Å². The molecule has 4 aromatic carbocycles. The highest BCUT2D eigenvalue weighted by Gasteiger charge is 2.62. The van der Waals surface area contributed by atoms with Crippen LogP contribution >= 0.6 is 0 Å². The zero-order valence-corrected chi connectivity index (χ0v) is 86.4. The summed E-state index contributed by atoms with van der Waals surface area (Å²) in [7, 11) is 20.1. The van der Waals surface area contributed by atoms with Gasteiger partial charge in [0.05, 0.1) is 83.2 Å². The molecule has 5 saturated carbocycles. The van der Waals surface area contributed by atoms with Crippen molar-refractivity contribution in [1.82, 2.24) is 14.0 Å². The first kappa shape index (κ1) is 94.7. The van der Waals surface area contributed by atoms with Gasteiger partial charge in [0.15, 0.2) is 24.7 Å². The maximum Gasteiger partial charge on any atom is 0.191 e. The normalized spacial score (nSPS) is 26.0. The molecule has 11 aliphatic rings. The monoisotopic (exact) mass is 1710 g/mol.